The van der Waals surface area contributed by atoms with Gasteiger partial charge in [0.1, 0.15) is 0 Å². The van der Waals surface area contributed by atoms with Gasteiger partial charge in [-0.25, -0.2) is 13.6 Å². The number of primary amides is 1. The van der Waals surface area contributed by atoms with Crippen molar-refractivity contribution < 1.29 is 39.6 Å². The first-order valence-electron chi connectivity index (χ1n) is 6.88. The van der Waals surface area contributed by atoms with Crippen molar-refractivity contribution in [3.05, 3.63) is 53.1 Å². The number of sulfonamides is 1. The third-order valence-electron chi connectivity index (χ3n) is 3.51. The summed E-state index contributed by atoms with van der Waals surface area (Å²) < 4.78 is 103. The molecule has 0 aromatic heterocycles. The summed E-state index contributed by atoms with van der Waals surface area (Å²) in [4.78, 5) is 10.9. The van der Waals surface area contributed by atoms with E-state index in [1.165, 1.54) is 0 Å². The maximum atomic E-state index is 13.5. The highest BCUT2D eigenvalue weighted by Crippen LogP contribution is 2.46. The van der Waals surface area contributed by atoms with Crippen LogP contribution in [0.1, 0.15) is 21.5 Å². The molecule has 0 aliphatic rings. The van der Waals surface area contributed by atoms with Crippen LogP contribution in [0.3, 0.4) is 0 Å². The van der Waals surface area contributed by atoms with Crippen molar-refractivity contribution in [2.24, 2.45) is 10.9 Å². The van der Waals surface area contributed by atoms with Gasteiger partial charge in [0.15, 0.2) is 0 Å². The van der Waals surface area contributed by atoms with Gasteiger partial charge in [-0.1, -0.05) is 12.1 Å². The average molecular weight is 412 g/mol. The van der Waals surface area contributed by atoms with E-state index in [9.17, 15) is 39.6 Å². The van der Waals surface area contributed by atoms with Gasteiger partial charge in [0, 0.05) is 11.1 Å². The van der Waals surface area contributed by atoms with Crippen LogP contribution < -0.4 is 10.9 Å². The molecule has 2 aromatic rings. The van der Waals surface area contributed by atoms with Crippen LogP contribution in [0.15, 0.2) is 41.3 Å². The van der Waals surface area contributed by atoms with Gasteiger partial charge in [-0.2, -0.15) is 26.3 Å². The molecule has 1 amide bonds. The molecule has 0 radical (unpaired) electrons. The minimum Gasteiger partial charge on any atom is -0.366 e. The molecule has 0 bridgehead atoms. The molecule has 0 heterocycles. The van der Waals surface area contributed by atoms with Crippen molar-refractivity contribution in [3.63, 3.8) is 0 Å². The van der Waals surface area contributed by atoms with E-state index >= 15 is 0 Å². The van der Waals surface area contributed by atoms with Crippen LogP contribution in [0, 0.1) is 0 Å². The highest BCUT2D eigenvalue weighted by atomic mass is 32.2. The maximum absolute atomic E-state index is 13.5. The molecule has 2 rings (SSSR count). The van der Waals surface area contributed by atoms with Crippen LogP contribution in [0.2, 0.25) is 0 Å². The smallest absolute Gasteiger partial charge is 0.366 e. The third-order valence-corrected chi connectivity index (χ3v) is 4.42. The molecule has 12 heteroatoms. The Balaban J connectivity index is 3.03. The van der Waals surface area contributed by atoms with Gasteiger partial charge in [-0.3, -0.25) is 4.79 Å². The lowest BCUT2D eigenvalue weighted by Gasteiger charge is -2.21. The SMILES string of the molecule is NC(=O)c1ccc(C(F)(F)F)c(C(F)(F)F)c1-c1cccc(S(N)(=O)=O)c1. The summed E-state index contributed by atoms with van der Waals surface area (Å²) >= 11 is 0. The maximum Gasteiger partial charge on any atom is 0.417 e. The second-order valence-corrected chi connectivity index (χ2v) is 6.90. The highest BCUT2D eigenvalue weighted by Gasteiger charge is 2.46. The lowest BCUT2D eigenvalue weighted by molar-refractivity contribution is -0.161. The van der Waals surface area contributed by atoms with Crippen LogP contribution in [-0.2, 0) is 22.4 Å². The van der Waals surface area contributed by atoms with Gasteiger partial charge in [0.05, 0.1) is 16.0 Å². The number of amides is 1. The molecular formula is C15H10F6N2O3S. The molecule has 0 saturated carbocycles. The van der Waals surface area contributed by atoms with Gasteiger partial charge in [0.2, 0.25) is 15.9 Å². The molecule has 0 saturated heterocycles. The molecule has 27 heavy (non-hydrogen) atoms. The van der Waals surface area contributed by atoms with Crippen LogP contribution in [0.5, 0.6) is 0 Å². The van der Waals surface area contributed by atoms with Gasteiger partial charge >= 0.3 is 12.4 Å². The van der Waals surface area contributed by atoms with Gasteiger partial charge in [-0.15, -0.1) is 0 Å². The predicted molar refractivity (Wildman–Crippen MR) is 81.8 cm³/mol. The van der Waals surface area contributed by atoms with Crippen molar-refractivity contribution in [2.75, 3.05) is 0 Å². The minimum atomic E-state index is -5.52. The number of hydrogen-bond donors (Lipinski definition) is 2. The first-order chi connectivity index (χ1) is 12.1. The normalized spacial score (nSPS) is 12.9. The predicted octanol–water partition coefficient (Wildman–Crippen LogP) is 3.14. The Morgan fingerprint density at radius 1 is 0.926 bits per heavy atom. The van der Waals surface area contributed by atoms with Crippen molar-refractivity contribution in [2.45, 2.75) is 17.2 Å². The Morgan fingerprint density at radius 2 is 1.52 bits per heavy atom. The fourth-order valence-corrected chi connectivity index (χ4v) is 3.03. The summed E-state index contributed by atoms with van der Waals surface area (Å²) in [5.41, 5.74) is -1.84. The Hall–Kier alpha value is -2.60. The van der Waals surface area contributed by atoms with Crippen LogP contribution in [-0.4, -0.2) is 14.3 Å². The topological polar surface area (TPSA) is 103 Å². The second kappa shape index (κ2) is 6.53. The lowest BCUT2D eigenvalue weighted by atomic mass is 9.89. The Kier molecular flexibility index (Phi) is 5.01. The number of hydrogen-bond acceptors (Lipinski definition) is 3. The summed E-state index contributed by atoms with van der Waals surface area (Å²) in [6.45, 7) is 0. The minimum absolute atomic E-state index is 0.0932. The molecule has 0 aliphatic heterocycles. The fourth-order valence-electron chi connectivity index (χ4n) is 2.47. The van der Waals surface area contributed by atoms with Crippen molar-refractivity contribution in [1.29, 1.82) is 0 Å². The van der Waals surface area contributed by atoms with E-state index in [2.05, 4.69) is 0 Å². The largest absolute Gasteiger partial charge is 0.417 e. The Bertz CT molecular complexity index is 1010. The van der Waals surface area contributed by atoms with E-state index in [0.717, 1.165) is 18.2 Å². The molecule has 2 aromatic carbocycles. The number of carbonyl (C=O) groups is 1. The summed E-state index contributed by atoms with van der Waals surface area (Å²) in [7, 11) is -4.37. The summed E-state index contributed by atoms with van der Waals surface area (Å²) in [6.07, 6.45) is -10.9. The second-order valence-electron chi connectivity index (χ2n) is 5.34. The summed E-state index contributed by atoms with van der Waals surface area (Å²) in [5.74, 6) is -1.43. The van der Waals surface area contributed by atoms with Gasteiger partial charge in [-0.05, 0) is 29.8 Å². The van der Waals surface area contributed by atoms with E-state index in [1.807, 2.05) is 0 Å². The van der Waals surface area contributed by atoms with E-state index in [0.29, 0.717) is 12.1 Å². The van der Waals surface area contributed by atoms with Gasteiger partial charge < -0.3 is 5.73 Å². The van der Waals surface area contributed by atoms with E-state index in [1.54, 1.807) is 0 Å². The molecule has 5 nitrogen and oxygen atoms in total. The number of carbonyl (C=O) groups excluding carboxylic acids is 1. The molecule has 4 N–H and O–H groups in total. The molecule has 0 fully saturated rings. The molecule has 146 valence electrons. The fraction of sp³-hybridized carbons (Fsp3) is 0.133. The van der Waals surface area contributed by atoms with Crippen LogP contribution in [0.25, 0.3) is 11.1 Å². The zero-order chi connectivity index (χ0) is 20.8. The molecule has 0 spiro atoms. The number of primary sulfonamides is 1. The van der Waals surface area contributed by atoms with E-state index in [-0.39, 0.29) is 6.07 Å². The summed E-state index contributed by atoms with van der Waals surface area (Å²) in [5, 5.41) is 4.90. The quantitative estimate of drug-likeness (QED) is 0.757. The molecule has 0 atom stereocenters. The van der Waals surface area contributed by atoms with E-state index < -0.39 is 61.0 Å². The molecular weight excluding hydrogens is 402 g/mol. The standard InChI is InChI=1S/C15H10F6N2O3S/c16-14(17,18)10-5-4-9(13(22)24)11(12(10)15(19,20)21)7-2-1-3-8(6-7)27(23,25)26/h1-6H,(H2,22,24)(H2,23,25,26). The van der Waals surface area contributed by atoms with Crippen molar-refractivity contribution in [3.8, 4) is 11.1 Å². The van der Waals surface area contributed by atoms with E-state index in [4.69, 9.17) is 10.9 Å². The third kappa shape index (κ3) is 4.22. The van der Waals surface area contributed by atoms with Crippen molar-refractivity contribution >= 4 is 15.9 Å². The molecule has 0 unspecified atom stereocenters. The number of nitrogens with two attached hydrogens (primary N) is 2. The summed E-state index contributed by atoms with van der Waals surface area (Å²) in [6, 6.07) is 4.04. The van der Waals surface area contributed by atoms with Crippen LogP contribution in [0.4, 0.5) is 26.3 Å². The zero-order valence-corrected chi connectivity index (χ0v) is 13.8. The van der Waals surface area contributed by atoms with Gasteiger partial charge in [0.25, 0.3) is 0 Å². The highest BCUT2D eigenvalue weighted by molar-refractivity contribution is 7.89. The Labute approximate surface area is 148 Å². The van der Waals surface area contributed by atoms with Crippen molar-refractivity contribution in [1.82, 2.24) is 0 Å². The zero-order valence-electron chi connectivity index (χ0n) is 13.0. The first-order valence-corrected chi connectivity index (χ1v) is 8.43. The Morgan fingerprint density at radius 3 is 1.96 bits per heavy atom. The monoisotopic (exact) mass is 412 g/mol. The molecule has 0 aliphatic carbocycles. The lowest BCUT2D eigenvalue weighted by Crippen LogP contribution is -2.22. The number of benzene rings is 2. The van der Waals surface area contributed by atoms with Crippen LogP contribution >= 0.6 is 0 Å². The number of halogens is 6. The first kappa shape index (κ1) is 20.7. The number of alkyl halides is 6. The number of rotatable bonds is 3. The average Bonchev–Trinajstić information content (AvgIpc) is 2.51.